The average molecular weight is 677 g/mol. The van der Waals surface area contributed by atoms with Gasteiger partial charge in [0.05, 0.1) is 30.9 Å². The summed E-state index contributed by atoms with van der Waals surface area (Å²) in [6.07, 6.45) is 3.58. The van der Waals surface area contributed by atoms with Gasteiger partial charge in [-0.1, -0.05) is 24.3 Å². The van der Waals surface area contributed by atoms with Gasteiger partial charge < -0.3 is 25.0 Å². The van der Waals surface area contributed by atoms with Crippen molar-refractivity contribution in [2.24, 2.45) is 0 Å². The van der Waals surface area contributed by atoms with Crippen molar-refractivity contribution in [1.82, 2.24) is 39.3 Å². The van der Waals surface area contributed by atoms with Crippen LogP contribution in [0.25, 0.3) is 33.8 Å². The molecule has 2 aromatic carbocycles. The Labute approximate surface area is 279 Å². The lowest BCUT2D eigenvalue weighted by Crippen LogP contribution is -2.05. The van der Waals surface area contributed by atoms with E-state index in [1.165, 1.54) is 29.1 Å². The maximum atomic E-state index is 13.3. The number of halogens is 3. The van der Waals surface area contributed by atoms with Crippen molar-refractivity contribution in [2.75, 3.05) is 7.11 Å². The fourth-order valence-electron chi connectivity index (χ4n) is 5.23. The minimum Gasteiger partial charge on any atom is -0.508 e. The first-order chi connectivity index (χ1) is 22.9. The van der Waals surface area contributed by atoms with Crippen molar-refractivity contribution in [3.8, 4) is 40.2 Å². The predicted molar refractivity (Wildman–Crippen MR) is 175 cm³/mol. The van der Waals surface area contributed by atoms with Crippen LogP contribution in [-0.2, 0) is 12.7 Å². The number of imidazole rings is 1. The zero-order valence-electron chi connectivity index (χ0n) is 27.1. The summed E-state index contributed by atoms with van der Waals surface area (Å²) in [6, 6.07) is 11.5. The highest BCUT2D eigenvalue weighted by molar-refractivity contribution is 5.77. The lowest BCUT2D eigenvalue weighted by molar-refractivity contribution is -0.140. The molecule has 0 radical (unpaired) electrons. The number of ether oxygens (including phenoxy) is 1. The second-order valence-corrected chi connectivity index (χ2v) is 11.8. The molecule has 6 aromatic rings. The van der Waals surface area contributed by atoms with Crippen molar-refractivity contribution >= 4 is 11.0 Å². The number of hydrogen-bond acceptors (Lipinski definition) is 9. The smallest absolute Gasteiger partial charge is 0.434 e. The molecule has 0 amide bonds. The Morgan fingerprint density at radius 2 is 1.71 bits per heavy atom. The second kappa shape index (κ2) is 13.9. The molecule has 4 N–H and O–H groups in total. The van der Waals surface area contributed by atoms with Crippen LogP contribution in [0.2, 0.25) is 0 Å². The summed E-state index contributed by atoms with van der Waals surface area (Å²) in [5.41, 5.74) is 3.51. The van der Waals surface area contributed by atoms with E-state index in [0.717, 1.165) is 35.7 Å². The number of alkyl halides is 3. The van der Waals surface area contributed by atoms with E-state index in [4.69, 9.17) is 19.9 Å². The van der Waals surface area contributed by atoms with Crippen LogP contribution in [-0.4, -0.2) is 62.1 Å². The number of methoxy groups -OCH3 is 1. The zero-order valence-corrected chi connectivity index (χ0v) is 27.1. The van der Waals surface area contributed by atoms with Gasteiger partial charge in [-0.15, -0.1) is 0 Å². The van der Waals surface area contributed by atoms with Crippen molar-refractivity contribution in [3.05, 3.63) is 89.9 Å². The lowest BCUT2D eigenvalue weighted by atomic mass is 10.1. The fraction of sp³-hybridized carbons (Fsp3) is 0.294. The van der Waals surface area contributed by atoms with Crippen LogP contribution in [0.3, 0.4) is 0 Å². The number of aromatic hydroxyl groups is 2. The Bertz CT molecular complexity index is 2070. The number of phenolic OH excluding ortho intramolecular Hbond substituents is 2. The van der Waals surface area contributed by atoms with Gasteiger partial charge in [-0.3, -0.25) is 0 Å². The molecule has 0 spiro atoms. The van der Waals surface area contributed by atoms with Gasteiger partial charge in [0, 0.05) is 29.9 Å². The lowest BCUT2D eigenvalue weighted by Gasteiger charge is -2.12. The quantitative estimate of drug-likeness (QED) is 0.185. The number of benzene rings is 2. The van der Waals surface area contributed by atoms with E-state index < -0.39 is 11.9 Å². The van der Waals surface area contributed by atoms with Gasteiger partial charge in [-0.2, -0.15) is 18.3 Å². The Hall–Kier alpha value is -5.57. The highest BCUT2D eigenvalue weighted by atomic mass is 19.4. The molecule has 4 heterocycles. The Morgan fingerprint density at radius 3 is 2.33 bits per heavy atom. The highest BCUT2D eigenvalue weighted by Crippen LogP contribution is 2.45. The Balaban J connectivity index is 0.000000409. The number of hydrogen-bond donors (Lipinski definition) is 2. The van der Waals surface area contributed by atoms with E-state index in [1.807, 2.05) is 26.0 Å². The van der Waals surface area contributed by atoms with Crippen molar-refractivity contribution in [2.45, 2.75) is 58.3 Å². The molecule has 1 fully saturated rings. The topological polar surface area (TPSA) is 168 Å². The molecule has 49 heavy (non-hydrogen) atoms. The molecule has 1 aliphatic carbocycles. The van der Waals surface area contributed by atoms with Crippen LogP contribution in [0, 0.1) is 6.92 Å². The first kappa shape index (κ1) is 34.8. The molecule has 15 heteroatoms. The summed E-state index contributed by atoms with van der Waals surface area (Å²) in [7, 11) is 1.56. The van der Waals surface area contributed by atoms with E-state index in [1.54, 1.807) is 43.2 Å². The van der Waals surface area contributed by atoms with Crippen molar-refractivity contribution in [3.63, 3.8) is 0 Å². The van der Waals surface area contributed by atoms with Gasteiger partial charge in [-0.25, -0.2) is 29.6 Å². The predicted octanol–water partition coefficient (Wildman–Crippen LogP) is 6.26. The number of aryl methyl sites for hydroxylation is 1. The number of rotatable bonds is 7. The standard InChI is InChI=1S/C27H25F3N8O.C7H8O2.H2O/c1-15(2)37-13-20(27(28,29)30)35-24(37)18-6-4-16(5-7-18)12-38-25-19(11-34-38)10-31-23(36-25)21-22(17-8-9-17)32-14-33-26(21)39-3;1-5-4-6(8)2-3-7(5)9;/h4-7,10-11,13-15,17H,8-9,12H2,1-3H3;2-4,8-9H,1H3;1H2. The number of aromatic nitrogens is 8. The van der Waals surface area contributed by atoms with E-state index in [0.29, 0.717) is 46.5 Å². The zero-order chi connectivity index (χ0) is 34.2. The minimum absolute atomic E-state index is 0. The van der Waals surface area contributed by atoms with Crippen LogP contribution < -0.4 is 4.74 Å². The van der Waals surface area contributed by atoms with Crippen LogP contribution in [0.1, 0.15) is 61.2 Å². The molecule has 0 atom stereocenters. The third kappa shape index (κ3) is 7.46. The summed E-state index contributed by atoms with van der Waals surface area (Å²) in [5, 5.41) is 23.0. The summed E-state index contributed by atoms with van der Waals surface area (Å²) < 4.78 is 48.7. The molecule has 12 nitrogen and oxygen atoms in total. The van der Waals surface area contributed by atoms with E-state index in [2.05, 4.69) is 25.0 Å². The molecule has 0 unspecified atom stereocenters. The van der Waals surface area contributed by atoms with Crippen molar-refractivity contribution in [1.29, 1.82) is 0 Å². The third-order valence-corrected chi connectivity index (χ3v) is 7.90. The van der Waals surface area contributed by atoms with Crippen LogP contribution in [0.5, 0.6) is 17.4 Å². The molecule has 4 aromatic heterocycles. The maximum Gasteiger partial charge on any atom is 0.434 e. The molecule has 0 aliphatic heterocycles. The molecular formula is C34H35F3N8O4. The average Bonchev–Trinajstić information content (AvgIpc) is 3.68. The van der Waals surface area contributed by atoms with Gasteiger partial charge in [0.15, 0.2) is 17.2 Å². The largest absolute Gasteiger partial charge is 0.508 e. The molecule has 256 valence electrons. The molecular weight excluding hydrogens is 641 g/mol. The van der Waals surface area contributed by atoms with Gasteiger partial charge in [0.2, 0.25) is 5.88 Å². The van der Waals surface area contributed by atoms with Gasteiger partial charge >= 0.3 is 6.18 Å². The summed E-state index contributed by atoms with van der Waals surface area (Å²) in [5.74, 6) is 1.92. The van der Waals surface area contributed by atoms with Gasteiger partial charge in [0.1, 0.15) is 29.2 Å². The summed E-state index contributed by atoms with van der Waals surface area (Å²) in [4.78, 5) is 22.0. The maximum absolute atomic E-state index is 13.3. The highest BCUT2D eigenvalue weighted by Gasteiger charge is 2.35. The SMILES string of the molecule is COc1ncnc(C2CC2)c1-c1ncc2cnn(Cc3ccc(-c4nc(C(F)(F)F)cn4C(C)C)cc3)c2n1.Cc1cc(O)ccc1O.O. The van der Waals surface area contributed by atoms with Gasteiger partial charge in [0.25, 0.3) is 0 Å². The number of nitrogens with zero attached hydrogens (tertiary/aromatic N) is 8. The molecule has 1 saturated carbocycles. The van der Waals surface area contributed by atoms with Crippen LogP contribution in [0.4, 0.5) is 13.2 Å². The van der Waals surface area contributed by atoms with E-state index in [9.17, 15) is 13.2 Å². The molecule has 0 bridgehead atoms. The van der Waals surface area contributed by atoms with E-state index in [-0.39, 0.29) is 28.8 Å². The van der Waals surface area contributed by atoms with E-state index >= 15 is 0 Å². The minimum atomic E-state index is -4.51. The molecule has 1 aliphatic rings. The van der Waals surface area contributed by atoms with Crippen LogP contribution >= 0.6 is 0 Å². The first-order valence-electron chi connectivity index (χ1n) is 15.2. The second-order valence-electron chi connectivity index (χ2n) is 11.8. The monoisotopic (exact) mass is 676 g/mol. The fourth-order valence-corrected chi connectivity index (χ4v) is 5.23. The Morgan fingerprint density at radius 1 is 0.980 bits per heavy atom. The normalized spacial score (nSPS) is 12.8. The number of fused-ring (bicyclic) bond motifs is 1. The van der Waals surface area contributed by atoms with Crippen molar-refractivity contribution < 1.29 is 33.6 Å². The van der Waals surface area contributed by atoms with Crippen LogP contribution in [0.15, 0.2) is 67.4 Å². The molecule has 7 rings (SSSR count). The first-order valence-corrected chi connectivity index (χ1v) is 15.2. The molecule has 0 saturated heterocycles. The third-order valence-electron chi connectivity index (χ3n) is 7.90. The van der Waals surface area contributed by atoms with Gasteiger partial charge in [-0.05, 0) is 62.9 Å². The summed E-state index contributed by atoms with van der Waals surface area (Å²) >= 11 is 0. The Kier molecular flexibility index (Phi) is 9.85. The number of phenols is 2. The summed E-state index contributed by atoms with van der Waals surface area (Å²) in [6.45, 7) is 5.78.